The average Bonchev–Trinajstić information content (AvgIpc) is 2.69. The maximum Gasteiger partial charge on any atom is 0.227 e. The van der Waals surface area contributed by atoms with Crippen LogP contribution >= 0.6 is 11.8 Å². The fourth-order valence-corrected chi connectivity index (χ4v) is 4.28. The highest BCUT2D eigenvalue weighted by Gasteiger charge is 2.21. The number of aryl methyl sites for hydroxylation is 1. The van der Waals surface area contributed by atoms with Gasteiger partial charge in [0.25, 0.3) is 0 Å². The minimum atomic E-state index is 0.0258. The summed E-state index contributed by atoms with van der Waals surface area (Å²) in [5.74, 6) is 0.836. The number of Topliss-reactive ketones (excluding diaryl/α,β-unsaturated/α-hetero) is 1. The summed E-state index contributed by atoms with van der Waals surface area (Å²) in [7, 11) is 0. The summed E-state index contributed by atoms with van der Waals surface area (Å²) < 4.78 is 0. The van der Waals surface area contributed by atoms with E-state index in [9.17, 15) is 9.59 Å². The van der Waals surface area contributed by atoms with Crippen molar-refractivity contribution in [2.45, 2.75) is 44.9 Å². The first kappa shape index (κ1) is 20.3. The number of amides is 1. The third-order valence-electron chi connectivity index (χ3n) is 5.07. The van der Waals surface area contributed by atoms with Gasteiger partial charge in [0.15, 0.2) is 5.78 Å². The van der Waals surface area contributed by atoms with Crippen molar-refractivity contribution in [1.29, 1.82) is 0 Å². The van der Waals surface area contributed by atoms with Gasteiger partial charge in [0, 0.05) is 27.8 Å². The summed E-state index contributed by atoms with van der Waals surface area (Å²) in [6, 6.07) is 13.5. The maximum atomic E-state index is 12.5. The smallest absolute Gasteiger partial charge is 0.227 e. The Kier molecular flexibility index (Phi) is 6.68. The lowest BCUT2D eigenvalue weighted by Crippen LogP contribution is -2.22. The number of benzene rings is 2. The van der Waals surface area contributed by atoms with E-state index in [0.717, 1.165) is 40.4 Å². The molecule has 0 fully saturated rings. The lowest BCUT2D eigenvalue weighted by molar-refractivity contribution is -0.120. The van der Waals surface area contributed by atoms with Crippen LogP contribution in [0.2, 0.25) is 0 Å². The molecule has 0 bridgehead atoms. The number of carbonyl (C=O) groups is 2. The third kappa shape index (κ3) is 4.53. The molecular weight excluding hydrogens is 368 g/mol. The van der Waals surface area contributed by atoms with E-state index in [1.165, 1.54) is 0 Å². The van der Waals surface area contributed by atoms with E-state index >= 15 is 0 Å². The Balaban J connectivity index is 1.75. The second-order valence-corrected chi connectivity index (χ2v) is 8.05. The molecule has 0 radical (unpaired) electrons. The van der Waals surface area contributed by atoms with Gasteiger partial charge in [0.2, 0.25) is 5.91 Å². The van der Waals surface area contributed by atoms with Crippen molar-refractivity contribution in [2.75, 3.05) is 11.1 Å². The van der Waals surface area contributed by atoms with Crippen LogP contribution in [0.25, 0.3) is 0 Å². The minimum Gasteiger partial charge on any atom is -0.325 e. The van der Waals surface area contributed by atoms with Gasteiger partial charge in [0.05, 0.1) is 17.8 Å². The van der Waals surface area contributed by atoms with Gasteiger partial charge in [-0.1, -0.05) is 38.1 Å². The molecule has 0 saturated heterocycles. The monoisotopic (exact) mass is 394 g/mol. The molecule has 0 spiro atoms. The maximum absolute atomic E-state index is 12.5. The second kappa shape index (κ2) is 9.20. The number of ketones is 1. The molecule has 1 aliphatic heterocycles. The van der Waals surface area contributed by atoms with E-state index in [4.69, 9.17) is 4.99 Å². The van der Waals surface area contributed by atoms with Gasteiger partial charge in [0.1, 0.15) is 0 Å². The third-order valence-corrected chi connectivity index (χ3v) is 6.21. The molecule has 2 aromatic rings. The molecule has 1 heterocycles. The molecule has 0 unspecified atom stereocenters. The van der Waals surface area contributed by atoms with Crippen LogP contribution in [0, 0.1) is 12.8 Å². The molecule has 0 atom stereocenters. The number of nitrogens with one attached hydrogen (secondary N) is 1. The molecule has 3 rings (SSSR count). The minimum absolute atomic E-state index is 0.0258. The Hall–Kier alpha value is -2.40. The number of para-hydroxylation sites is 2. The van der Waals surface area contributed by atoms with Crippen LogP contribution < -0.4 is 5.32 Å². The first-order chi connectivity index (χ1) is 13.5. The van der Waals surface area contributed by atoms with E-state index in [1.54, 1.807) is 11.8 Å². The van der Waals surface area contributed by atoms with E-state index in [1.807, 2.05) is 63.2 Å². The van der Waals surface area contributed by atoms with Crippen LogP contribution in [0.15, 0.2) is 52.4 Å². The molecule has 1 N–H and O–H groups in total. The standard InChI is InChI=1S/C23H26N2O2S/c1-4-16(5-2)23(27)25-19-11-6-7-12-21(19)28-14-17-13-20(26)18-10-8-9-15(3)22(18)24-17/h6-12,16H,4-5,13-14H2,1-3H3,(H,25,27). The average molecular weight is 395 g/mol. The Morgan fingerprint density at radius 2 is 1.89 bits per heavy atom. The lowest BCUT2D eigenvalue weighted by atomic mass is 9.98. The zero-order valence-electron chi connectivity index (χ0n) is 16.6. The van der Waals surface area contributed by atoms with Gasteiger partial charge in [-0.2, -0.15) is 0 Å². The summed E-state index contributed by atoms with van der Waals surface area (Å²) in [5, 5.41) is 3.07. The van der Waals surface area contributed by atoms with Crippen LogP contribution in [-0.4, -0.2) is 23.2 Å². The summed E-state index contributed by atoms with van der Waals surface area (Å²) in [6.07, 6.45) is 2.01. The van der Waals surface area contributed by atoms with Crippen LogP contribution in [0.5, 0.6) is 0 Å². The number of hydrogen-bond donors (Lipinski definition) is 1. The Bertz CT molecular complexity index is 917. The van der Waals surface area contributed by atoms with E-state index in [0.29, 0.717) is 17.7 Å². The van der Waals surface area contributed by atoms with Crippen LogP contribution in [0.1, 0.15) is 49.0 Å². The molecule has 4 nitrogen and oxygen atoms in total. The highest BCUT2D eigenvalue weighted by molar-refractivity contribution is 8.00. The number of hydrogen-bond acceptors (Lipinski definition) is 4. The summed E-state index contributed by atoms with van der Waals surface area (Å²) >= 11 is 1.61. The molecule has 2 aromatic carbocycles. The number of nitrogens with zero attached hydrogens (tertiary/aromatic N) is 1. The van der Waals surface area contributed by atoms with Crippen molar-refractivity contribution in [3.8, 4) is 0 Å². The Labute approximate surface area is 170 Å². The number of carbonyl (C=O) groups excluding carboxylic acids is 2. The van der Waals surface area contributed by atoms with E-state index < -0.39 is 0 Å². The van der Waals surface area contributed by atoms with Gasteiger partial charge in [-0.15, -0.1) is 11.8 Å². The van der Waals surface area contributed by atoms with E-state index in [-0.39, 0.29) is 17.6 Å². The van der Waals surface area contributed by atoms with Crippen LogP contribution in [0.4, 0.5) is 11.4 Å². The Morgan fingerprint density at radius 3 is 2.64 bits per heavy atom. The zero-order chi connectivity index (χ0) is 20.1. The number of aliphatic imine (C=N–C) groups is 1. The molecule has 1 aliphatic rings. The molecule has 5 heteroatoms. The lowest BCUT2D eigenvalue weighted by Gasteiger charge is -2.18. The SMILES string of the molecule is CCC(CC)C(=O)Nc1ccccc1SCC1=Nc2c(C)cccc2C(=O)C1. The fourth-order valence-electron chi connectivity index (χ4n) is 3.34. The first-order valence-electron chi connectivity index (χ1n) is 9.75. The van der Waals surface area contributed by atoms with Crippen molar-refractivity contribution >= 4 is 40.5 Å². The summed E-state index contributed by atoms with van der Waals surface area (Å²) in [6.45, 7) is 6.05. The zero-order valence-corrected chi connectivity index (χ0v) is 17.4. The molecular formula is C23H26N2O2S. The topological polar surface area (TPSA) is 58.5 Å². The van der Waals surface area contributed by atoms with Crippen molar-refractivity contribution in [1.82, 2.24) is 0 Å². The van der Waals surface area contributed by atoms with Gasteiger partial charge >= 0.3 is 0 Å². The van der Waals surface area contributed by atoms with Gasteiger partial charge in [-0.05, 0) is 43.5 Å². The van der Waals surface area contributed by atoms with Crippen LogP contribution in [0.3, 0.4) is 0 Å². The van der Waals surface area contributed by atoms with Crippen molar-refractivity contribution < 1.29 is 9.59 Å². The van der Waals surface area contributed by atoms with Crippen molar-refractivity contribution in [2.24, 2.45) is 10.9 Å². The van der Waals surface area contributed by atoms with Gasteiger partial charge < -0.3 is 5.32 Å². The predicted molar refractivity (Wildman–Crippen MR) is 117 cm³/mol. The summed E-state index contributed by atoms with van der Waals surface area (Å²) in [5.41, 5.74) is 4.23. The molecule has 0 aliphatic carbocycles. The number of thioether (sulfide) groups is 1. The fraction of sp³-hybridized carbons (Fsp3) is 0.348. The first-order valence-corrected chi connectivity index (χ1v) is 10.7. The summed E-state index contributed by atoms with van der Waals surface area (Å²) in [4.78, 5) is 30.7. The highest BCUT2D eigenvalue weighted by atomic mass is 32.2. The molecule has 28 heavy (non-hydrogen) atoms. The van der Waals surface area contributed by atoms with Crippen LogP contribution in [-0.2, 0) is 4.79 Å². The van der Waals surface area contributed by atoms with Crippen molar-refractivity contribution in [3.05, 3.63) is 53.6 Å². The molecule has 146 valence electrons. The number of fused-ring (bicyclic) bond motifs is 1. The van der Waals surface area contributed by atoms with Gasteiger partial charge in [-0.25, -0.2) is 0 Å². The number of rotatable bonds is 7. The second-order valence-electron chi connectivity index (χ2n) is 7.04. The normalized spacial score (nSPS) is 13.3. The highest BCUT2D eigenvalue weighted by Crippen LogP contribution is 2.33. The van der Waals surface area contributed by atoms with Crippen molar-refractivity contribution in [3.63, 3.8) is 0 Å². The largest absolute Gasteiger partial charge is 0.325 e. The molecule has 0 saturated carbocycles. The van der Waals surface area contributed by atoms with E-state index in [2.05, 4.69) is 5.32 Å². The van der Waals surface area contributed by atoms with Gasteiger partial charge in [-0.3, -0.25) is 14.6 Å². The Morgan fingerprint density at radius 1 is 1.14 bits per heavy atom. The molecule has 0 aromatic heterocycles. The predicted octanol–water partition coefficient (Wildman–Crippen LogP) is 5.82. The number of anilines is 1. The molecule has 1 amide bonds. The quantitative estimate of drug-likeness (QED) is 0.602.